The average Bonchev–Trinajstić information content (AvgIpc) is 2.79. The lowest BCUT2D eigenvalue weighted by Crippen LogP contribution is -2.42. The Morgan fingerprint density at radius 3 is 2.47 bits per heavy atom. The van der Waals surface area contributed by atoms with Gasteiger partial charge in [0.25, 0.3) is 0 Å². The third-order valence-electron chi connectivity index (χ3n) is 5.35. The first-order valence-electron chi connectivity index (χ1n) is 10.5. The topological polar surface area (TPSA) is 67.3 Å². The molecule has 2 aromatic carbocycles. The monoisotopic (exact) mass is 444 g/mol. The molecule has 3 aromatic rings. The Labute approximate surface area is 183 Å². The van der Waals surface area contributed by atoms with E-state index in [9.17, 15) is 18.0 Å². The number of fused-ring (bicyclic) bond motifs is 1. The molecule has 1 atom stereocenters. The zero-order valence-corrected chi connectivity index (χ0v) is 17.5. The maximum atomic E-state index is 13.7. The molecule has 0 bridgehead atoms. The predicted molar refractivity (Wildman–Crippen MR) is 116 cm³/mol. The Hall–Kier alpha value is -3.36. The summed E-state index contributed by atoms with van der Waals surface area (Å²) in [4.78, 5) is 22.5. The summed E-state index contributed by atoms with van der Waals surface area (Å²) in [5.74, 6) is -0.232. The van der Waals surface area contributed by atoms with Crippen LogP contribution in [0, 0.1) is 5.92 Å². The van der Waals surface area contributed by atoms with Gasteiger partial charge in [-0.3, -0.25) is 4.79 Å². The van der Waals surface area contributed by atoms with Gasteiger partial charge in [0.05, 0.1) is 23.6 Å². The molecule has 0 aliphatic carbocycles. The van der Waals surface area contributed by atoms with Crippen molar-refractivity contribution in [2.24, 2.45) is 5.92 Å². The van der Waals surface area contributed by atoms with Crippen molar-refractivity contribution in [2.75, 3.05) is 29.9 Å². The Morgan fingerprint density at radius 2 is 1.81 bits per heavy atom. The minimum absolute atomic E-state index is 0.138. The highest BCUT2D eigenvalue weighted by Gasteiger charge is 2.40. The summed E-state index contributed by atoms with van der Waals surface area (Å²) in [5, 5.41) is 2.85. The van der Waals surface area contributed by atoms with Gasteiger partial charge >= 0.3 is 6.18 Å². The van der Waals surface area contributed by atoms with E-state index in [0.717, 1.165) is 0 Å². The molecule has 1 amide bonds. The molecule has 4 rings (SSSR count). The van der Waals surface area contributed by atoms with Crippen LogP contribution in [-0.4, -0.2) is 35.6 Å². The second kappa shape index (κ2) is 9.02. The average molecular weight is 444 g/mol. The normalized spacial score (nSPS) is 16.8. The number of nitrogens with one attached hydrogen (secondary N) is 1. The fourth-order valence-corrected chi connectivity index (χ4v) is 3.83. The molecule has 32 heavy (non-hydrogen) atoms. The first kappa shape index (κ1) is 21.9. The van der Waals surface area contributed by atoms with Gasteiger partial charge in [-0.2, -0.15) is 13.2 Å². The van der Waals surface area contributed by atoms with Crippen LogP contribution in [0.3, 0.4) is 0 Å². The number of alkyl halides is 3. The fraction of sp³-hybridized carbons (Fsp3) is 0.348. The smallest absolute Gasteiger partial charge is 0.437 e. The van der Waals surface area contributed by atoms with Gasteiger partial charge in [-0.25, -0.2) is 9.97 Å². The molecular weight excluding hydrogens is 421 g/mol. The van der Waals surface area contributed by atoms with Crippen molar-refractivity contribution in [3.8, 4) is 5.75 Å². The van der Waals surface area contributed by atoms with E-state index in [-0.39, 0.29) is 23.8 Å². The lowest BCUT2D eigenvalue weighted by Gasteiger charge is -2.34. The van der Waals surface area contributed by atoms with E-state index in [0.29, 0.717) is 42.9 Å². The lowest BCUT2D eigenvalue weighted by atomic mass is 9.96. The Morgan fingerprint density at radius 1 is 1.12 bits per heavy atom. The van der Waals surface area contributed by atoms with E-state index in [4.69, 9.17) is 4.74 Å². The van der Waals surface area contributed by atoms with Crippen LogP contribution >= 0.6 is 0 Å². The van der Waals surface area contributed by atoms with Gasteiger partial charge in [0.2, 0.25) is 5.91 Å². The van der Waals surface area contributed by atoms with Gasteiger partial charge in [0, 0.05) is 18.8 Å². The van der Waals surface area contributed by atoms with Gasteiger partial charge in [-0.05, 0) is 56.2 Å². The van der Waals surface area contributed by atoms with Gasteiger partial charge in [-0.1, -0.05) is 12.1 Å². The summed E-state index contributed by atoms with van der Waals surface area (Å²) >= 11 is 0. The standard InChI is InChI=1S/C23H23F3N4O2/c1-2-32-17-11-9-16(10-12-17)27-22(31)15-6-5-13-30(14-15)21-20(23(24,25)26)28-18-7-3-4-8-19(18)29-21/h3-4,7-12,15H,2,5-6,13-14H2,1H3,(H,27,31)/t15-/m0/s1. The molecule has 168 valence electrons. The van der Waals surface area contributed by atoms with Crippen LogP contribution in [0.4, 0.5) is 24.7 Å². The number of amides is 1. The molecule has 1 aliphatic rings. The van der Waals surface area contributed by atoms with Crippen molar-refractivity contribution in [3.63, 3.8) is 0 Å². The van der Waals surface area contributed by atoms with Crippen molar-refractivity contribution in [1.29, 1.82) is 0 Å². The number of rotatable bonds is 5. The third kappa shape index (κ3) is 4.76. The Balaban J connectivity index is 1.54. The van der Waals surface area contributed by atoms with E-state index in [1.54, 1.807) is 42.5 Å². The number of benzene rings is 2. The van der Waals surface area contributed by atoms with Gasteiger partial charge < -0.3 is 15.0 Å². The van der Waals surface area contributed by atoms with Crippen LogP contribution in [0.25, 0.3) is 11.0 Å². The summed E-state index contributed by atoms with van der Waals surface area (Å²) in [7, 11) is 0. The number of nitrogens with zero attached hydrogens (tertiary/aromatic N) is 3. The quantitative estimate of drug-likeness (QED) is 0.606. The van der Waals surface area contributed by atoms with Crippen molar-refractivity contribution < 1.29 is 22.7 Å². The van der Waals surface area contributed by atoms with Crippen molar-refractivity contribution >= 4 is 28.4 Å². The SMILES string of the molecule is CCOc1ccc(NC(=O)[C@H]2CCCN(c3nc4ccccc4nc3C(F)(F)F)C2)cc1. The molecule has 1 saturated heterocycles. The molecule has 1 fully saturated rings. The molecule has 1 N–H and O–H groups in total. The van der Waals surface area contributed by atoms with Crippen LogP contribution in [0.1, 0.15) is 25.5 Å². The summed E-state index contributed by atoms with van der Waals surface area (Å²) in [5.41, 5.74) is 0.155. The minimum atomic E-state index is -4.65. The molecule has 0 saturated carbocycles. The van der Waals surface area contributed by atoms with Crippen molar-refractivity contribution in [2.45, 2.75) is 25.9 Å². The largest absolute Gasteiger partial charge is 0.494 e. The predicted octanol–water partition coefficient (Wildman–Crippen LogP) is 4.90. The first-order valence-corrected chi connectivity index (χ1v) is 10.5. The first-order chi connectivity index (χ1) is 15.3. The Bertz CT molecular complexity index is 1100. The molecule has 0 spiro atoms. The van der Waals surface area contributed by atoms with E-state index in [2.05, 4.69) is 15.3 Å². The molecule has 1 aliphatic heterocycles. The Kier molecular flexibility index (Phi) is 6.16. The number of aromatic nitrogens is 2. The summed E-state index contributed by atoms with van der Waals surface area (Å²) < 4.78 is 46.6. The fourth-order valence-electron chi connectivity index (χ4n) is 3.83. The van der Waals surface area contributed by atoms with E-state index in [1.807, 2.05) is 6.92 Å². The van der Waals surface area contributed by atoms with Gasteiger partial charge in [-0.15, -0.1) is 0 Å². The molecule has 9 heteroatoms. The number of hydrogen-bond donors (Lipinski definition) is 1. The summed E-state index contributed by atoms with van der Waals surface area (Å²) in [6.45, 7) is 2.94. The summed E-state index contributed by atoms with van der Waals surface area (Å²) in [6.07, 6.45) is -3.49. The van der Waals surface area contributed by atoms with Crippen molar-refractivity contribution in [1.82, 2.24) is 9.97 Å². The van der Waals surface area contributed by atoms with E-state index in [1.165, 1.54) is 11.0 Å². The molecule has 1 aromatic heterocycles. The highest BCUT2D eigenvalue weighted by atomic mass is 19.4. The number of anilines is 2. The molecule has 0 unspecified atom stereocenters. The maximum absolute atomic E-state index is 13.7. The molecule has 2 heterocycles. The van der Waals surface area contributed by atoms with Crippen molar-refractivity contribution in [3.05, 3.63) is 54.2 Å². The highest BCUT2D eigenvalue weighted by Crippen LogP contribution is 2.36. The lowest BCUT2D eigenvalue weighted by molar-refractivity contribution is -0.140. The number of halogens is 3. The van der Waals surface area contributed by atoms with E-state index < -0.39 is 17.8 Å². The molecular formula is C23H23F3N4O2. The number of carbonyl (C=O) groups is 1. The van der Waals surface area contributed by atoms with Crippen LogP contribution < -0.4 is 15.0 Å². The molecule has 0 radical (unpaired) electrons. The molecule has 6 nitrogen and oxygen atoms in total. The minimum Gasteiger partial charge on any atom is -0.494 e. The number of piperidine rings is 1. The second-order valence-corrected chi connectivity index (χ2v) is 7.61. The number of hydrogen-bond acceptors (Lipinski definition) is 5. The van der Waals surface area contributed by atoms with Crippen LogP contribution in [0.15, 0.2) is 48.5 Å². The van der Waals surface area contributed by atoms with Crippen LogP contribution in [0.5, 0.6) is 5.75 Å². The third-order valence-corrected chi connectivity index (χ3v) is 5.35. The van der Waals surface area contributed by atoms with Crippen LogP contribution in [0.2, 0.25) is 0 Å². The number of carbonyl (C=O) groups excluding carboxylic acids is 1. The second-order valence-electron chi connectivity index (χ2n) is 7.61. The highest BCUT2D eigenvalue weighted by molar-refractivity contribution is 5.93. The number of ether oxygens (including phenoxy) is 1. The zero-order valence-electron chi connectivity index (χ0n) is 17.5. The van der Waals surface area contributed by atoms with Gasteiger partial charge in [0.15, 0.2) is 11.5 Å². The van der Waals surface area contributed by atoms with E-state index >= 15 is 0 Å². The van der Waals surface area contributed by atoms with Crippen LogP contribution in [-0.2, 0) is 11.0 Å². The maximum Gasteiger partial charge on any atom is 0.437 e. The zero-order chi connectivity index (χ0) is 22.7. The van der Waals surface area contributed by atoms with Gasteiger partial charge in [0.1, 0.15) is 5.75 Å². The summed E-state index contributed by atoms with van der Waals surface area (Å²) in [6, 6.07) is 13.5. The number of para-hydroxylation sites is 2.